The van der Waals surface area contributed by atoms with Gasteiger partial charge in [-0.2, -0.15) is 0 Å². The fraction of sp³-hybridized carbons (Fsp3) is 0.125. The highest BCUT2D eigenvalue weighted by Gasteiger charge is 1.83. The van der Waals surface area contributed by atoms with Gasteiger partial charge in [0.05, 0.1) is 0 Å². The van der Waals surface area contributed by atoms with E-state index in [9.17, 15) is 4.79 Å². The quantitative estimate of drug-likeness (QED) is 0.620. The van der Waals surface area contributed by atoms with Crippen molar-refractivity contribution >= 4 is 6.08 Å². The van der Waals surface area contributed by atoms with Gasteiger partial charge in [-0.05, 0) is 19.1 Å². The van der Waals surface area contributed by atoms with Crippen LogP contribution in [0.5, 0.6) is 0 Å². The van der Waals surface area contributed by atoms with Crippen LogP contribution in [0.15, 0.2) is 29.1 Å². The lowest BCUT2D eigenvalue weighted by atomic mass is 10.3. The molecule has 1 aromatic rings. The molecule has 0 radical (unpaired) electrons. The molecule has 0 bridgehead atoms. The minimum absolute atomic E-state index is 0.0596. The summed E-state index contributed by atoms with van der Waals surface area (Å²) in [5, 5.41) is 0. The van der Waals surface area contributed by atoms with Gasteiger partial charge in [0.15, 0.2) is 0 Å². The molecule has 52 valence electrons. The zero-order chi connectivity index (χ0) is 7.40. The molecule has 0 spiro atoms. The Labute approximate surface area is 59.2 Å². The van der Waals surface area contributed by atoms with E-state index in [4.69, 9.17) is 0 Å². The summed E-state index contributed by atoms with van der Waals surface area (Å²) in [7, 11) is 0. The van der Waals surface area contributed by atoms with Crippen molar-refractivity contribution in [3.63, 3.8) is 0 Å². The van der Waals surface area contributed by atoms with E-state index < -0.39 is 0 Å². The van der Waals surface area contributed by atoms with Crippen LogP contribution in [0.4, 0.5) is 0 Å². The zero-order valence-corrected chi connectivity index (χ0v) is 5.79. The van der Waals surface area contributed by atoms with Crippen molar-refractivity contribution in [1.29, 1.82) is 0 Å². The van der Waals surface area contributed by atoms with Crippen molar-refractivity contribution in [3.05, 3.63) is 40.3 Å². The molecule has 10 heavy (non-hydrogen) atoms. The topological polar surface area (TPSA) is 32.9 Å². The molecule has 0 aliphatic carbocycles. The van der Waals surface area contributed by atoms with E-state index in [1.54, 1.807) is 6.07 Å². The molecule has 1 rings (SSSR count). The van der Waals surface area contributed by atoms with Crippen molar-refractivity contribution in [2.45, 2.75) is 6.92 Å². The Hall–Kier alpha value is -1.31. The van der Waals surface area contributed by atoms with Crippen molar-refractivity contribution in [3.8, 4) is 0 Å². The molecule has 2 heteroatoms. The van der Waals surface area contributed by atoms with Gasteiger partial charge in [0.2, 0.25) is 5.56 Å². The summed E-state index contributed by atoms with van der Waals surface area (Å²) < 4.78 is 0. The van der Waals surface area contributed by atoms with Crippen LogP contribution in [-0.4, -0.2) is 4.98 Å². The van der Waals surface area contributed by atoms with E-state index in [2.05, 4.69) is 4.98 Å². The summed E-state index contributed by atoms with van der Waals surface area (Å²) in [6.45, 7) is 1.91. The van der Waals surface area contributed by atoms with E-state index in [1.165, 1.54) is 6.07 Å². The molecule has 0 unspecified atom stereocenters. The molecule has 0 aliphatic rings. The average Bonchev–Trinajstić information content (AvgIpc) is 1.88. The van der Waals surface area contributed by atoms with Crippen LogP contribution in [0, 0.1) is 0 Å². The lowest BCUT2D eigenvalue weighted by Crippen LogP contribution is -2.02. The fourth-order valence-corrected chi connectivity index (χ4v) is 0.742. The second-order valence-corrected chi connectivity index (χ2v) is 1.97. The minimum atomic E-state index is -0.0596. The predicted molar refractivity (Wildman–Crippen MR) is 41.8 cm³/mol. The molecule has 0 aromatic carbocycles. The van der Waals surface area contributed by atoms with Crippen LogP contribution >= 0.6 is 0 Å². The molecule has 0 fully saturated rings. The Morgan fingerprint density at radius 2 is 2.30 bits per heavy atom. The molecule has 2 nitrogen and oxygen atoms in total. The predicted octanol–water partition coefficient (Wildman–Crippen LogP) is 1.41. The Morgan fingerprint density at radius 1 is 1.50 bits per heavy atom. The Bertz CT molecular complexity index is 285. The standard InChI is InChI=1S/C8H9NO/c1-2-4-7-5-3-6-8(10)9-7/h2-6H,1H3,(H,9,10)/b4-2+. The number of aromatic amines is 1. The van der Waals surface area contributed by atoms with Gasteiger partial charge in [-0.25, -0.2) is 0 Å². The maximum absolute atomic E-state index is 10.7. The van der Waals surface area contributed by atoms with Gasteiger partial charge < -0.3 is 4.98 Å². The van der Waals surface area contributed by atoms with Crippen LogP contribution in [0.25, 0.3) is 6.08 Å². The third-order valence-corrected chi connectivity index (χ3v) is 1.14. The number of nitrogens with one attached hydrogen (secondary N) is 1. The Morgan fingerprint density at radius 3 is 2.90 bits per heavy atom. The Kier molecular flexibility index (Phi) is 2.05. The molecule has 0 amide bonds. The third-order valence-electron chi connectivity index (χ3n) is 1.14. The van der Waals surface area contributed by atoms with E-state index in [0.717, 1.165) is 5.69 Å². The molecular formula is C8H9NO. The van der Waals surface area contributed by atoms with Crippen LogP contribution < -0.4 is 5.56 Å². The van der Waals surface area contributed by atoms with Crippen LogP contribution in [-0.2, 0) is 0 Å². The lowest BCUT2D eigenvalue weighted by Gasteiger charge is -1.88. The summed E-state index contributed by atoms with van der Waals surface area (Å²) >= 11 is 0. The number of aromatic nitrogens is 1. The summed E-state index contributed by atoms with van der Waals surface area (Å²) in [6, 6.07) is 5.07. The number of allylic oxidation sites excluding steroid dienone is 1. The SMILES string of the molecule is C/C=C/c1cccc(=O)[nH]1. The smallest absolute Gasteiger partial charge is 0.248 e. The second kappa shape index (κ2) is 3.01. The van der Waals surface area contributed by atoms with Crippen molar-refractivity contribution in [2.24, 2.45) is 0 Å². The number of rotatable bonds is 1. The molecule has 0 aliphatic heterocycles. The number of pyridine rings is 1. The van der Waals surface area contributed by atoms with E-state index >= 15 is 0 Å². The maximum Gasteiger partial charge on any atom is 0.248 e. The molecule has 0 saturated carbocycles. The first-order valence-corrected chi connectivity index (χ1v) is 3.15. The van der Waals surface area contributed by atoms with Crippen LogP contribution in [0.3, 0.4) is 0 Å². The zero-order valence-electron chi connectivity index (χ0n) is 5.79. The van der Waals surface area contributed by atoms with Gasteiger partial charge >= 0.3 is 0 Å². The molecule has 1 aromatic heterocycles. The van der Waals surface area contributed by atoms with E-state index in [0.29, 0.717) is 0 Å². The highest BCUT2D eigenvalue weighted by Crippen LogP contribution is 1.91. The largest absolute Gasteiger partial charge is 0.323 e. The van der Waals surface area contributed by atoms with Crippen molar-refractivity contribution in [1.82, 2.24) is 4.98 Å². The number of hydrogen-bond acceptors (Lipinski definition) is 1. The highest BCUT2D eigenvalue weighted by molar-refractivity contribution is 5.42. The Balaban J connectivity index is 3.07. The van der Waals surface area contributed by atoms with E-state index in [1.807, 2.05) is 25.1 Å². The maximum atomic E-state index is 10.7. The molecular weight excluding hydrogens is 126 g/mol. The highest BCUT2D eigenvalue weighted by atomic mass is 16.1. The minimum Gasteiger partial charge on any atom is -0.323 e. The molecule has 1 heterocycles. The first kappa shape index (κ1) is 6.81. The number of H-pyrrole nitrogens is 1. The van der Waals surface area contributed by atoms with Crippen LogP contribution in [0.1, 0.15) is 12.6 Å². The number of hydrogen-bond donors (Lipinski definition) is 1. The van der Waals surface area contributed by atoms with Gasteiger partial charge in [-0.15, -0.1) is 0 Å². The van der Waals surface area contributed by atoms with E-state index in [-0.39, 0.29) is 5.56 Å². The second-order valence-electron chi connectivity index (χ2n) is 1.97. The summed E-state index contributed by atoms with van der Waals surface area (Å²) in [6.07, 6.45) is 3.73. The van der Waals surface area contributed by atoms with Crippen molar-refractivity contribution < 1.29 is 0 Å². The summed E-state index contributed by atoms with van der Waals surface area (Å²) in [5.74, 6) is 0. The third kappa shape index (κ3) is 1.58. The molecule has 0 saturated heterocycles. The van der Waals surface area contributed by atoms with Gasteiger partial charge in [0, 0.05) is 11.8 Å². The normalized spacial score (nSPS) is 10.5. The monoisotopic (exact) mass is 135 g/mol. The lowest BCUT2D eigenvalue weighted by molar-refractivity contribution is 1.21. The average molecular weight is 135 g/mol. The first-order chi connectivity index (χ1) is 4.83. The summed E-state index contributed by atoms with van der Waals surface area (Å²) in [4.78, 5) is 13.3. The van der Waals surface area contributed by atoms with Gasteiger partial charge in [0.1, 0.15) is 0 Å². The first-order valence-electron chi connectivity index (χ1n) is 3.15. The van der Waals surface area contributed by atoms with Gasteiger partial charge in [-0.3, -0.25) is 4.79 Å². The fourth-order valence-electron chi connectivity index (χ4n) is 0.742. The summed E-state index contributed by atoms with van der Waals surface area (Å²) in [5.41, 5.74) is 0.783. The van der Waals surface area contributed by atoms with Gasteiger partial charge in [-0.1, -0.05) is 12.1 Å². The van der Waals surface area contributed by atoms with Crippen LogP contribution in [0.2, 0.25) is 0 Å². The molecule has 0 atom stereocenters. The molecule has 1 N–H and O–H groups in total. The van der Waals surface area contributed by atoms with Crippen molar-refractivity contribution in [2.75, 3.05) is 0 Å². The van der Waals surface area contributed by atoms with Gasteiger partial charge in [0.25, 0.3) is 0 Å².